The van der Waals surface area contributed by atoms with Crippen LogP contribution in [0.4, 0.5) is 4.39 Å². The molecular weight excluding hydrogens is 331 g/mol. The molecule has 0 saturated carbocycles. The first-order valence-corrected chi connectivity index (χ1v) is 7.46. The van der Waals surface area contributed by atoms with E-state index in [1.807, 2.05) is 43.4 Å². The van der Waals surface area contributed by atoms with Gasteiger partial charge >= 0.3 is 0 Å². The molecule has 2 nitrogen and oxygen atoms in total. The maximum atomic E-state index is 14.3. The second kappa shape index (κ2) is 5.92. The van der Waals surface area contributed by atoms with Gasteiger partial charge in [0.2, 0.25) is 0 Å². The van der Waals surface area contributed by atoms with E-state index >= 15 is 0 Å². The Labute approximate surface area is 131 Å². The van der Waals surface area contributed by atoms with Crippen LogP contribution in [-0.2, 0) is 0 Å². The van der Waals surface area contributed by atoms with E-state index in [9.17, 15) is 4.39 Å². The summed E-state index contributed by atoms with van der Waals surface area (Å²) >= 11 is 3.24. The van der Waals surface area contributed by atoms with Gasteiger partial charge in [-0.2, -0.15) is 0 Å². The van der Waals surface area contributed by atoms with Crippen molar-refractivity contribution in [2.75, 3.05) is 7.05 Å². The summed E-state index contributed by atoms with van der Waals surface area (Å²) in [6, 6.07) is 15.1. The van der Waals surface area contributed by atoms with Gasteiger partial charge in [0, 0.05) is 17.1 Å². The lowest BCUT2D eigenvalue weighted by molar-refractivity contribution is 0.571. The average Bonchev–Trinajstić information content (AvgIpc) is 2.52. The number of benzene rings is 2. The van der Waals surface area contributed by atoms with Crippen molar-refractivity contribution in [3.05, 3.63) is 76.1 Å². The third-order valence-electron chi connectivity index (χ3n) is 3.54. The lowest BCUT2D eigenvalue weighted by Crippen LogP contribution is -2.19. The summed E-state index contributed by atoms with van der Waals surface area (Å²) < 4.78 is 14.8. The minimum absolute atomic E-state index is 0.214. The van der Waals surface area contributed by atoms with Crippen molar-refractivity contribution in [2.45, 2.75) is 6.04 Å². The number of pyridine rings is 1. The Kier molecular flexibility index (Phi) is 3.99. The van der Waals surface area contributed by atoms with Crippen molar-refractivity contribution in [2.24, 2.45) is 0 Å². The molecule has 0 fully saturated rings. The summed E-state index contributed by atoms with van der Waals surface area (Å²) in [6.07, 6.45) is 1.76. The molecule has 1 unspecified atom stereocenters. The first-order chi connectivity index (χ1) is 10.2. The fourth-order valence-corrected chi connectivity index (χ4v) is 2.89. The third-order valence-corrected chi connectivity index (χ3v) is 4.16. The number of halogens is 2. The van der Waals surface area contributed by atoms with E-state index in [0.717, 1.165) is 16.5 Å². The van der Waals surface area contributed by atoms with Gasteiger partial charge in [0.1, 0.15) is 5.82 Å². The van der Waals surface area contributed by atoms with Crippen LogP contribution in [0.2, 0.25) is 0 Å². The number of aromatic nitrogens is 1. The van der Waals surface area contributed by atoms with Crippen LogP contribution in [0.1, 0.15) is 17.2 Å². The van der Waals surface area contributed by atoms with E-state index in [0.29, 0.717) is 10.0 Å². The van der Waals surface area contributed by atoms with Crippen molar-refractivity contribution in [3.8, 4) is 0 Å². The maximum Gasteiger partial charge on any atom is 0.142 e. The number of fused-ring (bicyclic) bond motifs is 1. The molecule has 3 aromatic rings. The number of hydrogen-bond donors (Lipinski definition) is 1. The van der Waals surface area contributed by atoms with Crippen molar-refractivity contribution in [1.82, 2.24) is 10.3 Å². The predicted octanol–water partition coefficient (Wildman–Crippen LogP) is 4.45. The third kappa shape index (κ3) is 2.69. The monoisotopic (exact) mass is 344 g/mol. The van der Waals surface area contributed by atoms with Crippen molar-refractivity contribution in [3.63, 3.8) is 0 Å². The van der Waals surface area contributed by atoms with Gasteiger partial charge in [0.25, 0.3) is 0 Å². The first kappa shape index (κ1) is 14.2. The Bertz CT molecular complexity index is 789. The molecule has 0 aliphatic heterocycles. The van der Waals surface area contributed by atoms with Gasteiger partial charge in [-0.15, -0.1) is 0 Å². The predicted molar refractivity (Wildman–Crippen MR) is 86.7 cm³/mol. The lowest BCUT2D eigenvalue weighted by atomic mass is 9.97. The van der Waals surface area contributed by atoms with E-state index in [2.05, 4.69) is 26.2 Å². The minimum Gasteiger partial charge on any atom is -0.309 e. The topological polar surface area (TPSA) is 24.9 Å². The average molecular weight is 345 g/mol. The molecular formula is C17H14BrFN2. The molecule has 4 heteroatoms. The lowest BCUT2D eigenvalue weighted by Gasteiger charge is -2.19. The van der Waals surface area contributed by atoms with E-state index in [4.69, 9.17) is 0 Å². The summed E-state index contributed by atoms with van der Waals surface area (Å²) in [4.78, 5) is 4.36. The number of nitrogens with zero attached hydrogens (tertiary/aromatic N) is 1. The van der Waals surface area contributed by atoms with E-state index < -0.39 is 0 Å². The van der Waals surface area contributed by atoms with Crippen LogP contribution in [0, 0.1) is 5.82 Å². The molecule has 0 radical (unpaired) electrons. The Hall–Kier alpha value is -1.78. The highest BCUT2D eigenvalue weighted by Crippen LogP contribution is 2.29. The quantitative estimate of drug-likeness (QED) is 0.759. The molecule has 0 aliphatic carbocycles. The molecule has 1 N–H and O–H groups in total. The SMILES string of the molecule is CNC(c1ccc2cccnc2c1)c1cccc(Br)c1F. The standard InChI is InChI=1S/C17H14BrFN2/c1-20-17(13-5-2-6-14(18)16(13)19)12-8-7-11-4-3-9-21-15(11)10-12/h2-10,17,20H,1H3. The Morgan fingerprint density at radius 2 is 2.00 bits per heavy atom. The normalized spacial score (nSPS) is 12.5. The van der Waals surface area contributed by atoms with Crippen molar-refractivity contribution < 1.29 is 4.39 Å². The van der Waals surface area contributed by atoms with Crippen LogP contribution in [0.3, 0.4) is 0 Å². The molecule has 21 heavy (non-hydrogen) atoms. The molecule has 0 saturated heterocycles. The van der Waals surface area contributed by atoms with Crippen LogP contribution in [-0.4, -0.2) is 12.0 Å². The molecule has 0 amide bonds. The fourth-order valence-electron chi connectivity index (χ4n) is 2.51. The zero-order chi connectivity index (χ0) is 14.8. The van der Waals surface area contributed by atoms with Gasteiger partial charge in [-0.25, -0.2) is 4.39 Å². The highest BCUT2D eigenvalue weighted by molar-refractivity contribution is 9.10. The molecule has 1 atom stereocenters. The second-order valence-corrected chi connectivity index (χ2v) is 5.67. The van der Waals surface area contributed by atoms with Crippen LogP contribution < -0.4 is 5.32 Å². The van der Waals surface area contributed by atoms with E-state index in [1.54, 1.807) is 18.3 Å². The summed E-state index contributed by atoms with van der Waals surface area (Å²) in [5.41, 5.74) is 2.51. The largest absolute Gasteiger partial charge is 0.309 e. The molecule has 2 aromatic carbocycles. The summed E-state index contributed by atoms with van der Waals surface area (Å²) in [5, 5.41) is 4.25. The highest BCUT2D eigenvalue weighted by Gasteiger charge is 2.18. The second-order valence-electron chi connectivity index (χ2n) is 4.82. The van der Waals surface area contributed by atoms with Crippen molar-refractivity contribution in [1.29, 1.82) is 0 Å². The molecule has 1 heterocycles. The maximum absolute atomic E-state index is 14.3. The summed E-state index contributed by atoms with van der Waals surface area (Å²) in [5.74, 6) is -0.238. The van der Waals surface area contributed by atoms with Gasteiger partial charge in [-0.1, -0.05) is 30.3 Å². The molecule has 3 rings (SSSR count). The van der Waals surface area contributed by atoms with E-state index in [-0.39, 0.29) is 11.9 Å². The first-order valence-electron chi connectivity index (χ1n) is 6.66. The highest BCUT2D eigenvalue weighted by atomic mass is 79.9. The zero-order valence-electron chi connectivity index (χ0n) is 11.5. The van der Waals surface area contributed by atoms with Gasteiger partial charge in [-0.3, -0.25) is 4.98 Å². The van der Waals surface area contributed by atoms with Gasteiger partial charge in [0.05, 0.1) is 16.0 Å². The van der Waals surface area contributed by atoms with E-state index in [1.165, 1.54) is 0 Å². The van der Waals surface area contributed by atoms with Crippen LogP contribution in [0.15, 0.2) is 59.2 Å². The van der Waals surface area contributed by atoms with Crippen LogP contribution in [0.25, 0.3) is 10.9 Å². The van der Waals surface area contributed by atoms with Gasteiger partial charge in [0.15, 0.2) is 0 Å². The molecule has 0 bridgehead atoms. The number of nitrogens with one attached hydrogen (secondary N) is 1. The Morgan fingerprint density at radius 3 is 2.81 bits per heavy atom. The summed E-state index contributed by atoms with van der Waals surface area (Å²) in [7, 11) is 1.83. The molecule has 1 aromatic heterocycles. The Morgan fingerprint density at radius 1 is 1.14 bits per heavy atom. The van der Waals surface area contributed by atoms with Crippen molar-refractivity contribution >= 4 is 26.8 Å². The number of rotatable bonds is 3. The Balaban J connectivity index is 2.11. The molecule has 0 aliphatic rings. The van der Waals surface area contributed by atoms with Crippen LogP contribution >= 0.6 is 15.9 Å². The zero-order valence-corrected chi connectivity index (χ0v) is 13.1. The number of hydrogen-bond acceptors (Lipinski definition) is 2. The molecule has 0 spiro atoms. The smallest absolute Gasteiger partial charge is 0.142 e. The van der Waals surface area contributed by atoms with Crippen LogP contribution in [0.5, 0.6) is 0 Å². The fraction of sp³-hybridized carbons (Fsp3) is 0.118. The van der Waals surface area contributed by atoms with Gasteiger partial charge in [-0.05, 0) is 46.7 Å². The minimum atomic E-state index is -0.238. The summed E-state index contributed by atoms with van der Waals surface area (Å²) in [6.45, 7) is 0. The van der Waals surface area contributed by atoms with Gasteiger partial charge < -0.3 is 5.32 Å². The molecule has 106 valence electrons.